The Hall–Kier alpha value is -2.27. The van der Waals surface area contributed by atoms with E-state index in [9.17, 15) is 13.6 Å². The van der Waals surface area contributed by atoms with E-state index in [0.29, 0.717) is 17.8 Å². The van der Waals surface area contributed by atoms with Gasteiger partial charge >= 0.3 is 0 Å². The van der Waals surface area contributed by atoms with Crippen molar-refractivity contribution in [1.29, 1.82) is 0 Å². The lowest BCUT2D eigenvalue weighted by Gasteiger charge is -2.11. The van der Waals surface area contributed by atoms with Crippen LogP contribution in [0, 0.1) is 11.6 Å². The van der Waals surface area contributed by atoms with Crippen LogP contribution in [0.2, 0.25) is 0 Å². The quantitative estimate of drug-likeness (QED) is 0.889. The molecule has 2 rings (SSSR count). The van der Waals surface area contributed by atoms with Gasteiger partial charge in [-0.15, -0.1) is 0 Å². The summed E-state index contributed by atoms with van der Waals surface area (Å²) in [7, 11) is 1.82. The van der Waals surface area contributed by atoms with Crippen LogP contribution in [0.3, 0.4) is 0 Å². The normalized spacial score (nSPS) is 10.4. The highest BCUT2D eigenvalue weighted by molar-refractivity contribution is 5.92. The Bertz CT molecular complexity index is 644. The summed E-state index contributed by atoms with van der Waals surface area (Å²) in [5, 5.41) is 5.80. The van der Waals surface area contributed by atoms with Crippen LogP contribution in [0.1, 0.15) is 11.1 Å². The third-order valence-corrected chi connectivity index (χ3v) is 3.01. The molecular formula is C16H16F2N2O. The number of benzene rings is 2. The Morgan fingerprint density at radius 2 is 1.86 bits per heavy atom. The third-order valence-electron chi connectivity index (χ3n) is 3.01. The van der Waals surface area contributed by atoms with Crippen molar-refractivity contribution >= 4 is 11.6 Å². The molecule has 0 aromatic heterocycles. The van der Waals surface area contributed by atoms with Gasteiger partial charge in [0.25, 0.3) is 0 Å². The zero-order chi connectivity index (χ0) is 15.2. The van der Waals surface area contributed by atoms with Gasteiger partial charge in [0.05, 0.1) is 6.42 Å². The standard InChI is InChI=1S/C16H16F2N2O/c1-19-10-12-4-2-3-5-15(12)20-16(21)9-11-6-7-13(17)14(18)8-11/h2-8,19H,9-10H2,1H3,(H,20,21). The van der Waals surface area contributed by atoms with Crippen molar-refractivity contribution in [3.8, 4) is 0 Å². The smallest absolute Gasteiger partial charge is 0.228 e. The fraction of sp³-hybridized carbons (Fsp3) is 0.188. The molecule has 21 heavy (non-hydrogen) atoms. The average molecular weight is 290 g/mol. The first kappa shape index (κ1) is 15.1. The molecular weight excluding hydrogens is 274 g/mol. The van der Waals surface area contributed by atoms with Crippen molar-refractivity contribution in [2.24, 2.45) is 0 Å². The van der Waals surface area contributed by atoms with Gasteiger partial charge in [-0.2, -0.15) is 0 Å². The maximum atomic E-state index is 13.1. The number of nitrogens with one attached hydrogen (secondary N) is 2. The summed E-state index contributed by atoms with van der Waals surface area (Å²) in [6.07, 6.45) is -0.00884. The zero-order valence-corrected chi connectivity index (χ0v) is 11.6. The van der Waals surface area contributed by atoms with Crippen molar-refractivity contribution in [3.63, 3.8) is 0 Å². The molecule has 2 aromatic carbocycles. The van der Waals surface area contributed by atoms with Crippen LogP contribution in [0.25, 0.3) is 0 Å². The maximum Gasteiger partial charge on any atom is 0.228 e. The minimum absolute atomic E-state index is 0.00884. The van der Waals surface area contributed by atoms with E-state index < -0.39 is 11.6 Å². The number of carbonyl (C=O) groups is 1. The molecule has 0 radical (unpaired) electrons. The Labute approximate surface area is 122 Å². The summed E-state index contributed by atoms with van der Waals surface area (Å²) in [5.74, 6) is -2.14. The van der Waals surface area contributed by atoms with Crippen LogP contribution in [-0.2, 0) is 17.8 Å². The second-order valence-electron chi connectivity index (χ2n) is 4.66. The van der Waals surface area contributed by atoms with E-state index in [1.807, 2.05) is 25.2 Å². The van der Waals surface area contributed by atoms with Gasteiger partial charge in [-0.3, -0.25) is 4.79 Å². The number of carbonyl (C=O) groups excluding carboxylic acids is 1. The SMILES string of the molecule is CNCc1ccccc1NC(=O)Cc1ccc(F)c(F)c1. The predicted octanol–water partition coefficient (Wildman–Crippen LogP) is 2.87. The molecule has 3 nitrogen and oxygen atoms in total. The molecule has 0 unspecified atom stereocenters. The van der Waals surface area contributed by atoms with Crippen molar-refractivity contribution in [3.05, 3.63) is 65.2 Å². The van der Waals surface area contributed by atoms with Crippen LogP contribution in [0.5, 0.6) is 0 Å². The average Bonchev–Trinajstić information content (AvgIpc) is 2.45. The maximum absolute atomic E-state index is 13.1. The van der Waals surface area contributed by atoms with Crippen LogP contribution in [-0.4, -0.2) is 13.0 Å². The molecule has 0 saturated heterocycles. The number of halogens is 2. The summed E-state index contributed by atoms with van der Waals surface area (Å²) in [5.41, 5.74) is 2.09. The van der Waals surface area contributed by atoms with Crippen molar-refractivity contribution in [2.45, 2.75) is 13.0 Å². The van der Waals surface area contributed by atoms with E-state index in [1.54, 1.807) is 6.07 Å². The van der Waals surface area contributed by atoms with Gasteiger partial charge in [-0.05, 0) is 36.4 Å². The fourth-order valence-electron chi connectivity index (χ4n) is 2.02. The molecule has 0 fully saturated rings. The van der Waals surface area contributed by atoms with Gasteiger partial charge < -0.3 is 10.6 Å². The van der Waals surface area contributed by atoms with Crippen molar-refractivity contribution < 1.29 is 13.6 Å². The fourth-order valence-corrected chi connectivity index (χ4v) is 2.02. The topological polar surface area (TPSA) is 41.1 Å². The van der Waals surface area contributed by atoms with Gasteiger partial charge in [0.2, 0.25) is 5.91 Å². The Kier molecular flexibility index (Phi) is 5.00. The number of amides is 1. The predicted molar refractivity (Wildman–Crippen MR) is 77.9 cm³/mol. The van der Waals surface area contributed by atoms with Gasteiger partial charge in [0, 0.05) is 12.2 Å². The second-order valence-corrected chi connectivity index (χ2v) is 4.66. The number of hydrogen-bond acceptors (Lipinski definition) is 2. The first-order chi connectivity index (χ1) is 10.1. The van der Waals surface area contributed by atoms with E-state index in [1.165, 1.54) is 6.07 Å². The lowest BCUT2D eigenvalue weighted by Crippen LogP contribution is -2.17. The Morgan fingerprint density at radius 3 is 2.57 bits per heavy atom. The molecule has 5 heteroatoms. The molecule has 2 aromatic rings. The summed E-state index contributed by atoms with van der Waals surface area (Å²) in [6.45, 7) is 0.627. The van der Waals surface area contributed by atoms with Crippen LogP contribution in [0.4, 0.5) is 14.5 Å². The van der Waals surface area contributed by atoms with Gasteiger partial charge in [-0.1, -0.05) is 24.3 Å². The van der Waals surface area contributed by atoms with Crippen LogP contribution >= 0.6 is 0 Å². The number of hydrogen-bond donors (Lipinski definition) is 2. The molecule has 0 atom stereocenters. The lowest BCUT2D eigenvalue weighted by molar-refractivity contribution is -0.115. The molecule has 110 valence electrons. The largest absolute Gasteiger partial charge is 0.325 e. The monoisotopic (exact) mass is 290 g/mol. The lowest BCUT2D eigenvalue weighted by atomic mass is 10.1. The molecule has 0 aliphatic rings. The minimum atomic E-state index is -0.948. The van der Waals surface area contributed by atoms with E-state index in [0.717, 1.165) is 17.7 Å². The molecule has 0 spiro atoms. The number of rotatable bonds is 5. The second kappa shape index (κ2) is 6.95. The van der Waals surface area contributed by atoms with Crippen LogP contribution in [0.15, 0.2) is 42.5 Å². The number of para-hydroxylation sites is 1. The number of anilines is 1. The molecule has 0 aliphatic carbocycles. The third kappa shape index (κ3) is 4.10. The molecule has 2 N–H and O–H groups in total. The molecule has 0 bridgehead atoms. The van der Waals surface area contributed by atoms with Gasteiger partial charge in [0.1, 0.15) is 0 Å². The molecule has 0 aliphatic heterocycles. The highest BCUT2D eigenvalue weighted by Gasteiger charge is 2.09. The van der Waals surface area contributed by atoms with E-state index in [2.05, 4.69) is 10.6 Å². The van der Waals surface area contributed by atoms with E-state index >= 15 is 0 Å². The zero-order valence-electron chi connectivity index (χ0n) is 11.6. The molecule has 0 heterocycles. The summed E-state index contributed by atoms with van der Waals surface area (Å²) < 4.78 is 25.9. The minimum Gasteiger partial charge on any atom is -0.325 e. The van der Waals surface area contributed by atoms with Crippen molar-refractivity contribution in [1.82, 2.24) is 5.32 Å². The Morgan fingerprint density at radius 1 is 1.10 bits per heavy atom. The first-order valence-electron chi connectivity index (χ1n) is 6.56. The first-order valence-corrected chi connectivity index (χ1v) is 6.56. The summed E-state index contributed by atoms with van der Waals surface area (Å²) in [4.78, 5) is 12.0. The molecule has 1 amide bonds. The Balaban J connectivity index is 2.06. The summed E-state index contributed by atoms with van der Waals surface area (Å²) >= 11 is 0. The highest BCUT2D eigenvalue weighted by atomic mass is 19.2. The van der Waals surface area contributed by atoms with E-state index in [4.69, 9.17) is 0 Å². The van der Waals surface area contributed by atoms with Crippen molar-refractivity contribution in [2.75, 3.05) is 12.4 Å². The van der Waals surface area contributed by atoms with Gasteiger partial charge in [-0.25, -0.2) is 8.78 Å². The van der Waals surface area contributed by atoms with Crippen LogP contribution < -0.4 is 10.6 Å². The van der Waals surface area contributed by atoms with Gasteiger partial charge in [0.15, 0.2) is 11.6 Å². The molecule has 0 saturated carbocycles. The highest BCUT2D eigenvalue weighted by Crippen LogP contribution is 2.16. The summed E-state index contributed by atoms with van der Waals surface area (Å²) in [6, 6.07) is 10.9. The van der Waals surface area contributed by atoms with E-state index in [-0.39, 0.29) is 12.3 Å².